The van der Waals surface area contributed by atoms with Crippen LogP contribution in [0.1, 0.15) is 63.2 Å². The highest BCUT2D eigenvalue weighted by Crippen LogP contribution is 2.40. The summed E-state index contributed by atoms with van der Waals surface area (Å²) in [4.78, 5) is 26.8. The van der Waals surface area contributed by atoms with Crippen molar-refractivity contribution >= 4 is 28.8 Å². The quantitative estimate of drug-likeness (QED) is 0.797. The lowest BCUT2D eigenvalue weighted by molar-refractivity contribution is 0.0961. The molecule has 1 aromatic carbocycles. The Bertz CT molecular complexity index is 877. The number of carbonyl (C=O) groups excluding carboxylic acids is 2. The summed E-state index contributed by atoms with van der Waals surface area (Å²) in [7, 11) is 1.60. The largest absolute Gasteiger partial charge is 0.355 e. The summed E-state index contributed by atoms with van der Waals surface area (Å²) >= 11 is 1.60. The zero-order valence-electron chi connectivity index (χ0n) is 16.7. The highest BCUT2D eigenvalue weighted by atomic mass is 32.1. The molecule has 27 heavy (non-hydrogen) atoms. The molecule has 0 saturated carbocycles. The van der Waals surface area contributed by atoms with Crippen molar-refractivity contribution in [3.63, 3.8) is 0 Å². The van der Waals surface area contributed by atoms with Gasteiger partial charge in [0.05, 0.1) is 4.88 Å². The van der Waals surface area contributed by atoms with Gasteiger partial charge in [0.15, 0.2) is 0 Å². The van der Waals surface area contributed by atoms with Crippen molar-refractivity contribution in [1.29, 1.82) is 0 Å². The van der Waals surface area contributed by atoms with Crippen molar-refractivity contribution in [3.8, 4) is 0 Å². The Balaban J connectivity index is 1.79. The van der Waals surface area contributed by atoms with Crippen molar-refractivity contribution in [2.24, 2.45) is 11.3 Å². The third kappa shape index (κ3) is 4.24. The van der Waals surface area contributed by atoms with Gasteiger partial charge in [-0.15, -0.1) is 11.3 Å². The molecule has 1 aliphatic rings. The monoisotopic (exact) mass is 384 g/mol. The minimum absolute atomic E-state index is 0.0983. The van der Waals surface area contributed by atoms with Crippen molar-refractivity contribution < 1.29 is 9.59 Å². The van der Waals surface area contributed by atoms with E-state index in [4.69, 9.17) is 0 Å². The first-order chi connectivity index (χ1) is 12.7. The zero-order valence-corrected chi connectivity index (χ0v) is 17.5. The Labute approximate surface area is 165 Å². The number of anilines is 1. The number of hydrogen-bond donors (Lipinski definition) is 2. The Hall–Kier alpha value is -2.14. The number of benzene rings is 1. The molecule has 5 heteroatoms. The molecule has 2 aromatic rings. The Morgan fingerprint density at radius 3 is 2.56 bits per heavy atom. The topological polar surface area (TPSA) is 58.2 Å². The Kier molecular flexibility index (Phi) is 5.43. The average Bonchev–Trinajstić information content (AvgIpc) is 3.05. The van der Waals surface area contributed by atoms with Gasteiger partial charge in [-0.2, -0.15) is 0 Å². The van der Waals surface area contributed by atoms with E-state index in [2.05, 4.69) is 37.5 Å². The maximum Gasteiger partial charge on any atom is 0.265 e. The highest BCUT2D eigenvalue weighted by molar-refractivity contribution is 7.14. The van der Waals surface area contributed by atoms with Crippen LogP contribution in [0, 0.1) is 18.3 Å². The number of rotatable bonds is 3. The van der Waals surface area contributed by atoms with Crippen molar-refractivity contribution in [2.75, 3.05) is 12.4 Å². The molecule has 0 fully saturated rings. The molecule has 0 unspecified atom stereocenters. The lowest BCUT2D eigenvalue weighted by Crippen LogP contribution is -2.26. The average molecular weight is 385 g/mol. The summed E-state index contributed by atoms with van der Waals surface area (Å²) < 4.78 is 0. The van der Waals surface area contributed by atoms with E-state index in [9.17, 15) is 9.59 Å². The molecule has 144 valence electrons. The predicted molar refractivity (Wildman–Crippen MR) is 112 cm³/mol. The fourth-order valence-electron chi connectivity index (χ4n) is 3.60. The fourth-order valence-corrected chi connectivity index (χ4v) is 4.70. The number of fused-ring (bicyclic) bond motifs is 1. The first-order valence-corrected chi connectivity index (χ1v) is 10.3. The molecule has 1 heterocycles. The second-order valence-corrected chi connectivity index (χ2v) is 9.56. The number of nitrogens with one attached hydrogen (secondary N) is 2. The second-order valence-electron chi connectivity index (χ2n) is 8.43. The van der Waals surface area contributed by atoms with Gasteiger partial charge in [-0.25, -0.2) is 0 Å². The van der Waals surface area contributed by atoms with Crippen LogP contribution in [0.4, 0.5) is 5.69 Å². The molecule has 0 radical (unpaired) electrons. The molecule has 0 aliphatic heterocycles. The summed E-state index contributed by atoms with van der Waals surface area (Å²) in [6, 6.07) is 7.41. The normalized spacial score (nSPS) is 16.6. The predicted octanol–water partition coefficient (Wildman–Crippen LogP) is 4.82. The third-order valence-corrected chi connectivity index (χ3v) is 6.74. The summed E-state index contributed by atoms with van der Waals surface area (Å²) in [5.74, 6) is 0.395. The Morgan fingerprint density at radius 2 is 1.89 bits per heavy atom. The number of amides is 2. The van der Waals surface area contributed by atoms with E-state index in [1.54, 1.807) is 30.5 Å². The van der Waals surface area contributed by atoms with Crippen LogP contribution in [0.2, 0.25) is 0 Å². The van der Waals surface area contributed by atoms with E-state index in [1.165, 1.54) is 16.9 Å². The van der Waals surface area contributed by atoms with Gasteiger partial charge in [-0.05, 0) is 66.8 Å². The molecular formula is C22H28N2O2S. The Morgan fingerprint density at radius 1 is 1.15 bits per heavy atom. The highest BCUT2D eigenvalue weighted by Gasteiger charge is 2.30. The van der Waals surface area contributed by atoms with E-state index in [-0.39, 0.29) is 11.8 Å². The lowest BCUT2D eigenvalue weighted by Gasteiger charge is -2.33. The number of aryl methyl sites for hydroxylation is 2. The summed E-state index contributed by atoms with van der Waals surface area (Å²) in [6.45, 7) is 8.82. The van der Waals surface area contributed by atoms with E-state index in [0.717, 1.165) is 23.3 Å². The second kappa shape index (κ2) is 7.47. The molecule has 0 spiro atoms. The molecule has 1 aromatic heterocycles. The van der Waals surface area contributed by atoms with Crippen LogP contribution in [0.25, 0.3) is 0 Å². The van der Waals surface area contributed by atoms with Crippen molar-refractivity contribution in [3.05, 3.63) is 50.7 Å². The minimum Gasteiger partial charge on any atom is -0.355 e. The first-order valence-electron chi connectivity index (χ1n) is 9.44. The van der Waals surface area contributed by atoms with Gasteiger partial charge in [0.1, 0.15) is 0 Å². The summed E-state index contributed by atoms with van der Waals surface area (Å²) in [6.07, 6.45) is 3.29. The van der Waals surface area contributed by atoms with Crippen LogP contribution in [0.15, 0.2) is 24.3 Å². The lowest BCUT2D eigenvalue weighted by atomic mass is 9.72. The first kappa shape index (κ1) is 19.6. The maximum absolute atomic E-state index is 12.8. The molecule has 3 rings (SSSR count). The molecule has 2 amide bonds. The van der Waals surface area contributed by atoms with E-state index in [1.807, 2.05) is 13.0 Å². The summed E-state index contributed by atoms with van der Waals surface area (Å²) in [5, 5.41) is 5.60. The van der Waals surface area contributed by atoms with Crippen molar-refractivity contribution in [1.82, 2.24) is 5.32 Å². The number of carbonyl (C=O) groups is 2. The molecule has 0 bridgehead atoms. The van der Waals surface area contributed by atoms with Crippen LogP contribution in [0.5, 0.6) is 0 Å². The van der Waals surface area contributed by atoms with Crippen LogP contribution < -0.4 is 10.6 Å². The molecular weight excluding hydrogens is 356 g/mol. The van der Waals surface area contributed by atoms with Gasteiger partial charge in [-0.3, -0.25) is 9.59 Å². The van der Waals surface area contributed by atoms with E-state index >= 15 is 0 Å². The van der Waals surface area contributed by atoms with Gasteiger partial charge in [0, 0.05) is 23.2 Å². The van der Waals surface area contributed by atoms with Gasteiger partial charge in [0.2, 0.25) is 0 Å². The molecule has 1 atom stereocenters. The molecule has 0 saturated heterocycles. The third-order valence-electron chi connectivity index (χ3n) is 5.51. The smallest absolute Gasteiger partial charge is 0.265 e. The van der Waals surface area contributed by atoms with Crippen LogP contribution in [-0.4, -0.2) is 18.9 Å². The summed E-state index contributed by atoms with van der Waals surface area (Å²) in [5.41, 5.74) is 3.77. The van der Waals surface area contributed by atoms with Gasteiger partial charge in [-0.1, -0.05) is 26.8 Å². The fraction of sp³-hybridized carbons (Fsp3) is 0.455. The van der Waals surface area contributed by atoms with Crippen LogP contribution in [0.3, 0.4) is 0 Å². The zero-order chi connectivity index (χ0) is 19.8. The maximum atomic E-state index is 12.8. The van der Waals surface area contributed by atoms with Crippen LogP contribution in [-0.2, 0) is 12.8 Å². The molecule has 1 aliphatic carbocycles. The van der Waals surface area contributed by atoms with Gasteiger partial charge in [0.25, 0.3) is 11.8 Å². The van der Waals surface area contributed by atoms with Gasteiger partial charge < -0.3 is 10.6 Å². The minimum atomic E-state index is -0.162. The number of hydrogen-bond acceptors (Lipinski definition) is 3. The number of thiophene rings is 1. The molecule has 4 nitrogen and oxygen atoms in total. The molecule has 2 N–H and O–H groups in total. The van der Waals surface area contributed by atoms with Crippen LogP contribution >= 0.6 is 11.3 Å². The van der Waals surface area contributed by atoms with Crippen molar-refractivity contribution in [2.45, 2.75) is 47.0 Å². The SMILES string of the molecule is CNC(=O)c1ccc(C)c(NC(=O)c2cc3c(s2)CC[C@@H](C(C)(C)C)C3)c1. The van der Waals surface area contributed by atoms with Gasteiger partial charge >= 0.3 is 0 Å². The van der Waals surface area contributed by atoms with E-state index < -0.39 is 0 Å². The standard InChI is InChI=1S/C22H28N2O2S/c1-13-6-7-14(20(25)23-5)11-17(13)24-21(26)19-12-15-10-16(22(2,3)4)8-9-18(15)27-19/h6-7,11-12,16H,8-10H2,1-5H3,(H,23,25)(H,24,26)/t16-/m1/s1. The van der Waals surface area contributed by atoms with E-state index in [0.29, 0.717) is 22.6 Å².